The van der Waals surface area contributed by atoms with Gasteiger partial charge in [-0.1, -0.05) is 6.07 Å². The lowest BCUT2D eigenvalue weighted by atomic mass is 10.0. The first-order chi connectivity index (χ1) is 13.1. The van der Waals surface area contributed by atoms with Crippen LogP contribution >= 0.6 is 7.82 Å². The average Bonchev–Trinajstić information content (AvgIpc) is 3.28. The molecule has 1 aromatic rings. The maximum absolute atomic E-state index is 12.3. The normalized spacial score (nSPS) is 21.2. The second-order valence-electron chi connectivity index (χ2n) is 7.59. The Morgan fingerprint density at radius 2 is 1.93 bits per heavy atom. The molecule has 1 fully saturated rings. The lowest BCUT2D eigenvalue weighted by Gasteiger charge is -2.29. The van der Waals surface area contributed by atoms with E-state index in [4.69, 9.17) is 14.5 Å². The predicted molar refractivity (Wildman–Crippen MR) is 97.5 cm³/mol. The summed E-state index contributed by atoms with van der Waals surface area (Å²) in [5, 5.41) is 21.0. The molecule has 1 aliphatic carbocycles. The van der Waals surface area contributed by atoms with Crippen LogP contribution in [0.3, 0.4) is 0 Å². The quantitative estimate of drug-likeness (QED) is 0.343. The molecule has 0 heterocycles. The summed E-state index contributed by atoms with van der Waals surface area (Å²) in [6.45, 7) is 4.87. The molecule has 0 bridgehead atoms. The van der Waals surface area contributed by atoms with Crippen LogP contribution in [0.15, 0.2) is 18.2 Å². The monoisotopic (exact) mass is 432 g/mol. The van der Waals surface area contributed by atoms with E-state index >= 15 is 0 Å². The van der Waals surface area contributed by atoms with Crippen LogP contribution in [0, 0.1) is 10.1 Å². The Hall–Kier alpha value is -2.69. The van der Waals surface area contributed by atoms with Gasteiger partial charge in [-0.05, 0) is 38.8 Å². The molecular weight excluding hydrogens is 411 g/mol. The van der Waals surface area contributed by atoms with E-state index in [1.165, 1.54) is 13.1 Å². The molecule has 3 N–H and O–H groups in total. The maximum Gasteiger partial charge on any atom is 0.525 e. The number of likely N-dealkylation sites (N-methyl/N-ethyl adjacent to an activating group) is 1. The summed E-state index contributed by atoms with van der Waals surface area (Å²) in [5.74, 6) is -2.76. The van der Waals surface area contributed by atoms with Gasteiger partial charge < -0.3 is 14.4 Å². The van der Waals surface area contributed by atoms with E-state index in [9.17, 15) is 29.4 Å². The van der Waals surface area contributed by atoms with Crippen LogP contribution in [-0.4, -0.2) is 55.0 Å². The highest BCUT2D eigenvalue weighted by Crippen LogP contribution is 2.56. The van der Waals surface area contributed by atoms with Gasteiger partial charge in [-0.15, -0.1) is 0 Å². The summed E-state index contributed by atoms with van der Waals surface area (Å²) in [5.41, 5.74) is -3.05. The Balaban J connectivity index is 2.38. The van der Waals surface area contributed by atoms with Gasteiger partial charge >= 0.3 is 25.6 Å². The van der Waals surface area contributed by atoms with E-state index in [1.807, 2.05) is 0 Å². The fourth-order valence-electron chi connectivity index (χ4n) is 2.99. The number of carbonyl (C=O) groups is 2. The summed E-state index contributed by atoms with van der Waals surface area (Å²) in [7, 11) is -3.77. The number of amides is 1. The van der Waals surface area contributed by atoms with Gasteiger partial charge in [0.2, 0.25) is 5.75 Å². The van der Waals surface area contributed by atoms with Crippen LogP contribution in [-0.2, 0) is 14.1 Å². The van der Waals surface area contributed by atoms with Crippen molar-refractivity contribution in [2.75, 3.05) is 7.05 Å². The molecule has 1 unspecified atom stereocenters. The molecule has 1 aromatic carbocycles. The van der Waals surface area contributed by atoms with Crippen molar-refractivity contribution < 1.29 is 43.2 Å². The number of carboxylic acid groups (broad SMARTS) is 1. The topological polar surface area (TPSA) is 177 Å². The van der Waals surface area contributed by atoms with Crippen molar-refractivity contribution >= 4 is 25.6 Å². The third-order valence-electron chi connectivity index (χ3n) is 4.37. The molecule has 0 saturated heterocycles. The number of hydrogen-bond donors (Lipinski definition) is 3. The highest BCUT2D eigenvalue weighted by Gasteiger charge is 2.66. The number of phosphoric acid groups is 1. The van der Waals surface area contributed by atoms with Gasteiger partial charge in [0.25, 0.3) is 0 Å². The van der Waals surface area contributed by atoms with E-state index < -0.39 is 53.3 Å². The zero-order chi connectivity index (χ0) is 22.4. The Labute approximate surface area is 165 Å². The third-order valence-corrected chi connectivity index (χ3v) is 4.80. The van der Waals surface area contributed by atoms with Gasteiger partial charge in [-0.25, -0.2) is 14.2 Å². The van der Waals surface area contributed by atoms with Crippen LogP contribution in [0.2, 0.25) is 0 Å². The van der Waals surface area contributed by atoms with E-state index in [1.54, 1.807) is 20.8 Å². The molecule has 0 spiro atoms. The van der Waals surface area contributed by atoms with E-state index in [2.05, 4.69) is 4.52 Å². The Morgan fingerprint density at radius 1 is 1.34 bits per heavy atom. The van der Waals surface area contributed by atoms with Crippen LogP contribution < -0.4 is 4.52 Å². The molecule has 0 aliphatic heterocycles. The summed E-state index contributed by atoms with van der Waals surface area (Å²) in [6, 6.07) is 3.21. The first kappa shape index (κ1) is 22.6. The van der Waals surface area contributed by atoms with Gasteiger partial charge in [-0.2, -0.15) is 0 Å². The van der Waals surface area contributed by atoms with Crippen LogP contribution in [0.5, 0.6) is 5.75 Å². The van der Waals surface area contributed by atoms with Gasteiger partial charge in [-0.3, -0.25) is 24.8 Å². The summed E-state index contributed by atoms with van der Waals surface area (Å²) in [6.07, 6.45) is -0.883. The van der Waals surface area contributed by atoms with Gasteiger partial charge in [0, 0.05) is 19.0 Å². The Morgan fingerprint density at radius 3 is 2.38 bits per heavy atom. The minimum absolute atomic E-state index is 0.0199. The number of nitro benzene ring substituents is 1. The number of ether oxygens (including phenoxy) is 1. The third kappa shape index (κ3) is 4.84. The van der Waals surface area contributed by atoms with E-state index in [-0.39, 0.29) is 12.0 Å². The number of phosphoric ester groups is 1. The van der Waals surface area contributed by atoms with Crippen molar-refractivity contribution in [1.82, 2.24) is 4.90 Å². The number of carbonyl (C=O) groups excluding carboxylic acids is 1. The number of carboxylic acids is 1. The molecule has 1 amide bonds. The molecule has 160 valence electrons. The van der Waals surface area contributed by atoms with Gasteiger partial charge in [0.05, 0.1) is 4.92 Å². The van der Waals surface area contributed by atoms with E-state index in [0.717, 1.165) is 17.0 Å². The van der Waals surface area contributed by atoms with Crippen LogP contribution in [0.4, 0.5) is 10.5 Å². The number of hydrogen-bond acceptors (Lipinski definition) is 7. The summed E-state index contributed by atoms with van der Waals surface area (Å²) in [4.78, 5) is 53.3. The molecule has 29 heavy (non-hydrogen) atoms. The molecule has 13 heteroatoms. The summed E-state index contributed by atoms with van der Waals surface area (Å²) >= 11 is 0. The Bertz CT molecular complexity index is 905. The lowest BCUT2D eigenvalue weighted by Crippen LogP contribution is -2.47. The molecule has 0 aromatic heterocycles. The average molecular weight is 432 g/mol. The second kappa shape index (κ2) is 7.29. The van der Waals surface area contributed by atoms with Crippen molar-refractivity contribution in [3.8, 4) is 5.75 Å². The molecule has 1 aliphatic rings. The smallest absolute Gasteiger partial charge is 0.479 e. The van der Waals surface area contributed by atoms with Crippen molar-refractivity contribution in [1.29, 1.82) is 0 Å². The standard InChI is InChI=1S/C16H21N2O10P/c1-15(2,3)27-14(21)17(4)16(13(19)20)8-10(16)9-5-6-12(28-29(24,25)26)11(7-9)18(22)23/h5-7,10H,8H2,1-4H3,(H,19,20)(H2,24,25,26)/t10-,16?/m0/s1. The minimum atomic E-state index is -5.04. The fourth-order valence-corrected chi connectivity index (χ4v) is 3.40. The van der Waals surface area contributed by atoms with Gasteiger partial charge in [0.15, 0.2) is 5.54 Å². The van der Waals surface area contributed by atoms with E-state index in [0.29, 0.717) is 0 Å². The largest absolute Gasteiger partial charge is 0.525 e. The summed E-state index contributed by atoms with van der Waals surface area (Å²) < 4.78 is 20.5. The molecule has 12 nitrogen and oxygen atoms in total. The van der Waals surface area contributed by atoms with Crippen molar-refractivity contribution in [2.45, 2.75) is 44.2 Å². The van der Waals surface area contributed by atoms with Crippen molar-refractivity contribution in [2.24, 2.45) is 0 Å². The fraction of sp³-hybridized carbons (Fsp3) is 0.500. The Kier molecular flexibility index (Phi) is 5.68. The van der Waals surface area contributed by atoms with Crippen molar-refractivity contribution in [3.05, 3.63) is 33.9 Å². The van der Waals surface area contributed by atoms with Crippen molar-refractivity contribution in [3.63, 3.8) is 0 Å². The van der Waals surface area contributed by atoms with Crippen LogP contribution in [0.25, 0.3) is 0 Å². The predicted octanol–water partition coefficient (Wildman–Crippen LogP) is 2.24. The molecule has 0 radical (unpaired) electrons. The lowest BCUT2D eigenvalue weighted by molar-refractivity contribution is -0.385. The first-order valence-corrected chi connectivity index (χ1v) is 9.85. The van der Waals surface area contributed by atoms with Gasteiger partial charge in [0.1, 0.15) is 5.60 Å². The molecule has 1 saturated carbocycles. The highest BCUT2D eigenvalue weighted by atomic mass is 31.2. The number of nitrogens with zero attached hydrogens (tertiary/aromatic N) is 2. The molecule has 2 atom stereocenters. The first-order valence-electron chi connectivity index (χ1n) is 8.32. The number of benzene rings is 1. The zero-order valence-electron chi connectivity index (χ0n) is 16.1. The second-order valence-corrected chi connectivity index (χ2v) is 8.76. The molecular formula is C16H21N2O10P. The minimum Gasteiger partial charge on any atom is -0.479 e. The number of aliphatic carboxylic acids is 1. The van der Waals surface area contributed by atoms with Crippen LogP contribution in [0.1, 0.15) is 38.7 Å². The number of rotatable bonds is 6. The highest BCUT2D eigenvalue weighted by molar-refractivity contribution is 7.46. The maximum atomic E-state index is 12.3. The molecule has 2 rings (SSSR count). The number of nitro groups is 1. The SMILES string of the molecule is CN(C(=O)OC(C)(C)C)C1(C(=O)O)C[C@H]1c1ccc(OP(=O)(O)O)c([N+](=O)[O-])c1. The zero-order valence-corrected chi connectivity index (χ0v) is 17.0.